The molecular formula is C9H17N3O3. The first-order chi connectivity index (χ1) is 6.97. The van der Waals surface area contributed by atoms with Crippen LogP contribution in [-0.4, -0.2) is 47.1 Å². The first kappa shape index (κ1) is 11.8. The van der Waals surface area contributed by atoms with E-state index in [4.69, 9.17) is 15.7 Å². The zero-order valence-electron chi connectivity index (χ0n) is 9.06. The highest BCUT2D eigenvalue weighted by Gasteiger charge is 2.34. The second-order valence-electron chi connectivity index (χ2n) is 4.18. The minimum absolute atomic E-state index is 0.0556. The number of ether oxygens (including phenoxy) is 1. The van der Waals surface area contributed by atoms with Crippen LogP contribution in [0.1, 0.15) is 20.3 Å². The molecule has 1 fully saturated rings. The number of rotatable bonds is 2. The topological polar surface area (TPSA) is 88.2 Å². The number of morpholine rings is 1. The van der Waals surface area contributed by atoms with E-state index in [0.717, 1.165) is 0 Å². The Morgan fingerprint density at radius 2 is 2.33 bits per heavy atom. The van der Waals surface area contributed by atoms with Gasteiger partial charge in [0.2, 0.25) is 5.91 Å². The van der Waals surface area contributed by atoms with E-state index < -0.39 is 0 Å². The molecule has 0 unspecified atom stereocenters. The summed E-state index contributed by atoms with van der Waals surface area (Å²) in [5, 5.41) is 11.2. The highest BCUT2D eigenvalue weighted by molar-refractivity contribution is 5.99. The Kier molecular flexibility index (Phi) is 3.52. The number of amidine groups is 1. The van der Waals surface area contributed by atoms with Gasteiger partial charge < -0.3 is 20.6 Å². The Hall–Kier alpha value is -1.30. The Balaban J connectivity index is 2.65. The van der Waals surface area contributed by atoms with Crippen molar-refractivity contribution in [3.8, 4) is 0 Å². The summed E-state index contributed by atoms with van der Waals surface area (Å²) in [4.78, 5) is 13.5. The number of carbonyl (C=O) groups is 1. The van der Waals surface area contributed by atoms with E-state index in [2.05, 4.69) is 5.16 Å². The number of hydrogen-bond donors (Lipinski definition) is 2. The van der Waals surface area contributed by atoms with Crippen LogP contribution in [0.25, 0.3) is 0 Å². The zero-order valence-corrected chi connectivity index (χ0v) is 9.06. The van der Waals surface area contributed by atoms with E-state index in [9.17, 15) is 4.79 Å². The highest BCUT2D eigenvalue weighted by atomic mass is 16.5. The maximum atomic E-state index is 11.8. The number of amides is 1. The van der Waals surface area contributed by atoms with Gasteiger partial charge in [0.25, 0.3) is 0 Å². The third-order valence-electron chi connectivity index (χ3n) is 2.41. The van der Waals surface area contributed by atoms with Crippen LogP contribution in [0.4, 0.5) is 0 Å². The molecule has 1 amide bonds. The number of oxime groups is 1. The summed E-state index contributed by atoms with van der Waals surface area (Å²) in [6, 6.07) is 0. The lowest BCUT2D eigenvalue weighted by Gasteiger charge is -2.42. The highest BCUT2D eigenvalue weighted by Crippen LogP contribution is 2.19. The van der Waals surface area contributed by atoms with Gasteiger partial charge in [-0.1, -0.05) is 5.16 Å². The fourth-order valence-corrected chi connectivity index (χ4v) is 1.61. The molecule has 1 saturated heterocycles. The third-order valence-corrected chi connectivity index (χ3v) is 2.41. The van der Waals surface area contributed by atoms with E-state index in [1.807, 2.05) is 13.8 Å². The maximum absolute atomic E-state index is 11.8. The summed E-state index contributed by atoms with van der Waals surface area (Å²) >= 11 is 0. The molecule has 0 spiro atoms. The normalized spacial score (nSPS) is 21.5. The van der Waals surface area contributed by atoms with Crippen LogP contribution in [0, 0.1) is 0 Å². The largest absolute Gasteiger partial charge is 0.409 e. The molecule has 1 heterocycles. The zero-order chi connectivity index (χ0) is 11.5. The molecular weight excluding hydrogens is 198 g/mol. The van der Waals surface area contributed by atoms with Gasteiger partial charge in [-0.15, -0.1) is 0 Å². The van der Waals surface area contributed by atoms with Crippen LogP contribution in [0.5, 0.6) is 0 Å². The fraction of sp³-hybridized carbons (Fsp3) is 0.778. The quantitative estimate of drug-likeness (QED) is 0.288. The minimum atomic E-state index is -0.328. The molecule has 15 heavy (non-hydrogen) atoms. The fourth-order valence-electron chi connectivity index (χ4n) is 1.61. The van der Waals surface area contributed by atoms with Crippen LogP contribution in [-0.2, 0) is 9.53 Å². The third kappa shape index (κ3) is 2.82. The predicted octanol–water partition coefficient (Wildman–Crippen LogP) is -0.240. The lowest BCUT2D eigenvalue weighted by Crippen LogP contribution is -2.56. The van der Waals surface area contributed by atoms with Crippen molar-refractivity contribution in [3.05, 3.63) is 0 Å². The molecule has 1 rings (SSSR count). The molecule has 0 aliphatic carbocycles. The van der Waals surface area contributed by atoms with Gasteiger partial charge >= 0.3 is 0 Å². The lowest BCUT2D eigenvalue weighted by atomic mass is 10.0. The number of nitrogens with zero attached hydrogens (tertiary/aromatic N) is 2. The standard InChI is InChI=1S/C9H17N3O3/c1-9(2)6-15-4-3-12(9)8(13)5-7(10)11-14/h14H,3-6H2,1-2H3,(H2,10,11). The average Bonchev–Trinajstić information content (AvgIpc) is 2.16. The van der Waals surface area contributed by atoms with Gasteiger partial charge in [0.1, 0.15) is 5.84 Å². The summed E-state index contributed by atoms with van der Waals surface area (Å²) < 4.78 is 5.29. The SMILES string of the molecule is CC1(C)COCCN1C(=O)CC(N)=NO. The number of carbonyl (C=O) groups excluding carboxylic acids is 1. The number of hydrogen-bond acceptors (Lipinski definition) is 4. The second-order valence-corrected chi connectivity index (χ2v) is 4.18. The summed E-state index contributed by atoms with van der Waals surface area (Å²) in [5.74, 6) is -0.208. The van der Waals surface area contributed by atoms with Gasteiger partial charge in [-0.25, -0.2) is 0 Å². The molecule has 6 nitrogen and oxygen atoms in total. The molecule has 1 aliphatic heterocycles. The molecule has 6 heteroatoms. The summed E-state index contributed by atoms with van der Waals surface area (Å²) in [7, 11) is 0. The summed E-state index contributed by atoms with van der Waals surface area (Å²) in [6.07, 6.45) is -0.0556. The Morgan fingerprint density at radius 3 is 2.87 bits per heavy atom. The van der Waals surface area contributed by atoms with Gasteiger partial charge in [0, 0.05) is 6.54 Å². The van der Waals surface area contributed by atoms with Gasteiger partial charge in [0.05, 0.1) is 25.2 Å². The Morgan fingerprint density at radius 1 is 1.67 bits per heavy atom. The van der Waals surface area contributed by atoms with Crippen LogP contribution in [0.2, 0.25) is 0 Å². The van der Waals surface area contributed by atoms with Crippen molar-refractivity contribution in [2.24, 2.45) is 10.9 Å². The molecule has 3 N–H and O–H groups in total. The van der Waals surface area contributed by atoms with Crippen LogP contribution in [0.3, 0.4) is 0 Å². The van der Waals surface area contributed by atoms with E-state index in [1.54, 1.807) is 4.90 Å². The van der Waals surface area contributed by atoms with Crippen molar-refractivity contribution >= 4 is 11.7 Å². The van der Waals surface area contributed by atoms with Crippen molar-refractivity contribution in [2.45, 2.75) is 25.8 Å². The van der Waals surface area contributed by atoms with Gasteiger partial charge in [-0.2, -0.15) is 0 Å². The first-order valence-electron chi connectivity index (χ1n) is 4.82. The molecule has 0 bridgehead atoms. The van der Waals surface area contributed by atoms with Crippen molar-refractivity contribution in [2.75, 3.05) is 19.8 Å². The molecule has 86 valence electrons. The lowest BCUT2D eigenvalue weighted by molar-refractivity contribution is -0.144. The molecule has 0 radical (unpaired) electrons. The molecule has 0 aromatic carbocycles. The predicted molar refractivity (Wildman–Crippen MR) is 54.6 cm³/mol. The van der Waals surface area contributed by atoms with Gasteiger partial charge in [-0.05, 0) is 13.8 Å². The minimum Gasteiger partial charge on any atom is -0.409 e. The Labute approximate surface area is 88.7 Å². The van der Waals surface area contributed by atoms with E-state index in [1.165, 1.54) is 0 Å². The van der Waals surface area contributed by atoms with Crippen molar-refractivity contribution in [1.29, 1.82) is 0 Å². The van der Waals surface area contributed by atoms with Gasteiger partial charge in [0.15, 0.2) is 0 Å². The van der Waals surface area contributed by atoms with Gasteiger partial charge in [-0.3, -0.25) is 4.79 Å². The smallest absolute Gasteiger partial charge is 0.230 e. The van der Waals surface area contributed by atoms with Crippen molar-refractivity contribution in [1.82, 2.24) is 4.90 Å². The van der Waals surface area contributed by atoms with E-state index in [-0.39, 0.29) is 23.7 Å². The van der Waals surface area contributed by atoms with Crippen LogP contribution < -0.4 is 5.73 Å². The number of nitrogens with two attached hydrogens (primary N) is 1. The van der Waals surface area contributed by atoms with E-state index >= 15 is 0 Å². The second kappa shape index (κ2) is 4.48. The average molecular weight is 215 g/mol. The summed E-state index contributed by atoms with van der Waals surface area (Å²) in [6.45, 7) is 5.44. The Bertz CT molecular complexity index is 276. The van der Waals surface area contributed by atoms with Crippen LogP contribution >= 0.6 is 0 Å². The van der Waals surface area contributed by atoms with E-state index in [0.29, 0.717) is 19.8 Å². The van der Waals surface area contributed by atoms with Crippen molar-refractivity contribution < 1.29 is 14.7 Å². The molecule has 0 atom stereocenters. The molecule has 0 saturated carbocycles. The maximum Gasteiger partial charge on any atom is 0.230 e. The molecule has 1 aliphatic rings. The molecule has 0 aromatic heterocycles. The van der Waals surface area contributed by atoms with Crippen molar-refractivity contribution in [3.63, 3.8) is 0 Å². The molecule has 0 aromatic rings. The van der Waals surface area contributed by atoms with Crippen LogP contribution in [0.15, 0.2) is 5.16 Å². The first-order valence-corrected chi connectivity index (χ1v) is 4.82. The summed E-state index contributed by atoms with van der Waals surface area (Å²) in [5.41, 5.74) is 4.96. The monoisotopic (exact) mass is 215 g/mol.